The van der Waals surface area contributed by atoms with Crippen molar-refractivity contribution in [2.24, 2.45) is 0 Å². The normalized spacial score (nSPS) is 32.5. The first-order valence-corrected chi connectivity index (χ1v) is 6.89. The van der Waals surface area contributed by atoms with Gasteiger partial charge in [0, 0.05) is 13.0 Å². The van der Waals surface area contributed by atoms with Crippen LogP contribution >= 0.6 is 7.60 Å². The summed E-state index contributed by atoms with van der Waals surface area (Å²) in [6.45, 7) is 3.82. The fourth-order valence-electron chi connectivity index (χ4n) is 1.45. The van der Waals surface area contributed by atoms with Gasteiger partial charge in [-0.15, -0.1) is 0 Å². The molecule has 1 fully saturated rings. The molecule has 0 spiro atoms. The lowest BCUT2D eigenvalue weighted by Gasteiger charge is -2.23. The van der Waals surface area contributed by atoms with Crippen molar-refractivity contribution in [2.45, 2.75) is 44.6 Å². The van der Waals surface area contributed by atoms with E-state index in [1.807, 2.05) is 6.92 Å². The van der Waals surface area contributed by atoms with E-state index in [9.17, 15) is 9.46 Å². The van der Waals surface area contributed by atoms with Crippen LogP contribution in [0.25, 0.3) is 0 Å². The Hall–Kier alpha value is 0.0700. The van der Waals surface area contributed by atoms with Crippen LogP contribution in [0.4, 0.5) is 0 Å². The Morgan fingerprint density at radius 2 is 2.33 bits per heavy atom. The highest BCUT2D eigenvalue weighted by molar-refractivity contribution is 7.53. The van der Waals surface area contributed by atoms with Gasteiger partial charge in [0.1, 0.15) is 6.10 Å². The lowest BCUT2D eigenvalue weighted by Crippen LogP contribution is -2.28. The molecular formula is C9H19O5P. The third-order valence-electron chi connectivity index (χ3n) is 2.76. The fourth-order valence-corrected chi connectivity index (χ4v) is 2.75. The van der Waals surface area contributed by atoms with Crippen LogP contribution in [0, 0.1) is 0 Å². The molecule has 0 aromatic rings. The van der Waals surface area contributed by atoms with Gasteiger partial charge in [-0.25, -0.2) is 0 Å². The van der Waals surface area contributed by atoms with E-state index >= 15 is 0 Å². The molecule has 0 radical (unpaired) electrons. The number of hydrogen-bond acceptors (Lipinski definition) is 4. The molecule has 0 aromatic heterocycles. The highest BCUT2D eigenvalue weighted by atomic mass is 31.2. The molecule has 90 valence electrons. The molecule has 1 saturated heterocycles. The fraction of sp³-hybridized carbons (Fsp3) is 1.00. The van der Waals surface area contributed by atoms with Gasteiger partial charge < -0.3 is 19.3 Å². The van der Waals surface area contributed by atoms with Gasteiger partial charge in [-0.2, -0.15) is 0 Å². The minimum absolute atomic E-state index is 0.175. The van der Waals surface area contributed by atoms with Crippen molar-refractivity contribution in [3.8, 4) is 0 Å². The Bertz CT molecular complexity index is 245. The minimum atomic E-state index is -3.57. The second-order valence-electron chi connectivity index (χ2n) is 3.85. The Balaban J connectivity index is 2.56. The van der Waals surface area contributed by atoms with Gasteiger partial charge in [-0.1, -0.05) is 13.8 Å². The van der Waals surface area contributed by atoms with Crippen LogP contribution in [0.15, 0.2) is 0 Å². The Morgan fingerprint density at radius 3 is 2.87 bits per heavy atom. The van der Waals surface area contributed by atoms with Crippen molar-refractivity contribution in [3.63, 3.8) is 0 Å². The maximum Gasteiger partial charge on any atom is 0.331 e. The van der Waals surface area contributed by atoms with E-state index in [4.69, 9.17) is 14.4 Å². The zero-order chi connectivity index (χ0) is 11.5. The second kappa shape index (κ2) is 5.41. The number of ether oxygens (including phenoxy) is 1. The van der Waals surface area contributed by atoms with Crippen molar-refractivity contribution in [1.82, 2.24) is 0 Å². The molecule has 2 unspecified atom stereocenters. The summed E-state index contributed by atoms with van der Waals surface area (Å²) in [7, 11) is -3.57. The van der Waals surface area contributed by atoms with Crippen LogP contribution in [0.3, 0.4) is 0 Å². The number of rotatable bonds is 5. The summed E-state index contributed by atoms with van der Waals surface area (Å²) in [6, 6.07) is 0. The predicted octanol–water partition coefficient (Wildman–Crippen LogP) is 1.14. The molecule has 2 N–H and O–H groups in total. The topological polar surface area (TPSA) is 76.0 Å². The average Bonchev–Trinajstić information content (AvgIpc) is 2.63. The van der Waals surface area contributed by atoms with Gasteiger partial charge >= 0.3 is 7.60 Å². The third kappa shape index (κ3) is 3.26. The summed E-state index contributed by atoms with van der Waals surface area (Å²) in [6.07, 6.45) is 0.228. The molecule has 5 nitrogen and oxygen atoms in total. The van der Waals surface area contributed by atoms with Crippen LogP contribution in [0.1, 0.15) is 26.7 Å². The van der Waals surface area contributed by atoms with Crippen LogP contribution in [0.2, 0.25) is 0 Å². The van der Waals surface area contributed by atoms with E-state index in [1.54, 1.807) is 6.92 Å². The third-order valence-corrected chi connectivity index (χ3v) is 4.82. The van der Waals surface area contributed by atoms with Crippen molar-refractivity contribution in [1.29, 1.82) is 0 Å². The van der Waals surface area contributed by atoms with Crippen LogP contribution in [-0.4, -0.2) is 41.1 Å². The molecule has 1 rings (SSSR count). The highest BCUT2D eigenvalue weighted by Crippen LogP contribution is 2.51. The van der Waals surface area contributed by atoms with E-state index in [-0.39, 0.29) is 12.3 Å². The summed E-state index contributed by atoms with van der Waals surface area (Å²) < 4.78 is 22.1. The van der Waals surface area contributed by atoms with Gasteiger partial charge in [-0.3, -0.25) is 4.57 Å². The molecule has 0 saturated carbocycles. The summed E-state index contributed by atoms with van der Waals surface area (Å²) in [5, 5.41) is 8.95. The summed E-state index contributed by atoms with van der Waals surface area (Å²) in [5.41, 5.74) is -0.377. The van der Waals surface area contributed by atoms with E-state index in [0.717, 1.165) is 0 Å². The number of aliphatic hydroxyl groups is 1. The predicted molar refractivity (Wildman–Crippen MR) is 55.9 cm³/mol. The zero-order valence-electron chi connectivity index (χ0n) is 9.13. The van der Waals surface area contributed by atoms with Crippen molar-refractivity contribution in [2.75, 3.05) is 13.2 Å². The van der Waals surface area contributed by atoms with Gasteiger partial charge in [0.15, 0.2) is 0 Å². The molecule has 1 aliphatic rings. The standard InChI is InChI=1S/C9H19O5P/c1-3-7(2)15(11,12)14-8-4-5-13-9(8)6-10/h7-10H,3-6H2,1-2H3,(H,11,12)/t7-,8-,9?/m1/s1. The van der Waals surface area contributed by atoms with Crippen molar-refractivity contribution < 1.29 is 23.8 Å². The first-order chi connectivity index (χ1) is 7.01. The number of aliphatic hydroxyl groups excluding tert-OH is 1. The largest absolute Gasteiger partial charge is 0.394 e. The average molecular weight is 238 g/mol. The summed E-state index contributed by atoms with van der Waals surface area (Å²) >= 11 is 0. The molecule has 0 aromatic carbocycles. The van der Waals surface area contributed by atoms with Gasteiger partial charge in [0.2, 0.25) is 0 Å². The SMILES string of the molecule is CC[C@@H](C)P(=O)(O)O[C@@H]1CCOC1CO. The van der Waals surface area contributed by atoms with E-state index in [0.29, 0.717) is 19.4 Å². The molecule has 4 atom stereocenters. The van der Waals surface area contributed by atoms with E-state index in [1.165, 1.54) is 0 Å². The van der Waals surface area contributed by atoms with Gasteiger partial charge in [0.25, 0.3) is 0 Å². The van der Waals surface area contributed by atoms with Gasteiger partial charge in [0.05, 0.1) is 18.4 Å². The molecular weight excluding hydrogens is 219 g/mol. The molecule has 0 bridgehead atoms. The molecule has 1 aliphatic heterocycles. The second-order valence-corrected chi connectivity index (χ2v) is 6.07. The maximum atomic E-state index is 11.8. The van der Waals surface area contributed by atoms with Crippen LogP contribution < -0.4 is 0 Å². The molecule has 0 aliphatic carbocycles. The smallest absolute Gasteiger partial charge is 0.331 e. The summed E-state index contributed by atoms with van der Waals surface area (Å²) in [4.78, 5) is 9.65. The number of hydrogen-bond donors (Lipinski definition) is 2. The Kier molecular flexibility index (Phi) is 4.74. The molecule has 15 heavy (non-hydrogen) atoms. The van der Waals surface area contributed by atoms with E-state index < -0.39 is 19.8 Å². The first kappa shape index (κ1) is 13.1. The lowest BCUT2D eigenvalue weighted by molar-refractivity contribution is 0.00902. The monoisotopic (exact) mass is 238 g/mol. The molecule has 1 heterocycles. The van der Waals surface area contributed by atoms with Gasteiger partial charge in [-0.05, 0) is 6.42 Å². The van der Waals surface area contributed by atoms with Crippen molar-refractivity contribution >= 4 is 7.60 Å². The van der Waals surface area contributed by atoms with Crippen LogP contribution in [0.5, 0.6) is 0 Å². The zero-order valence-corrected chi connectivity index (χ0v) is 10.0. The summed E-state index contributed by atoms with van der Waals surface area (Å²) in [5.74, 6) is 0. The quantitative estimate of drug-likeness (QED) is 0.702. The molecule has 6 heteroatoms. The van der Waals surface area contributed by atoms with E-state index in [2.05, 4.69) is 0 Å². The lowest BCUT2D eigenvalue weighted by atomic mass is 10.2. The highest BCUT2D eigenvalue weighted by Gasteiger charge is 2.37. The van der Waals surface area contributed by atoms with Crippen LogP contribution in [-0.2, 0) is 13.8 Å². The van der Waals surface area contributed by atoms with Crippen molar-refractivity contribution in [3.05, 3.63) is 0 Å². The minimum Gasteiger partial charge on any atom is -0.394 e. The molecule has 0 amide bonds. The Morgan fingerprint density at radius 1 is 1.67 bits per heavy atom. The maximum absolute atomic E-state index is 11.8. The first-order valence-electron chi connectivity index (χ1n) is 5.24. The Labute approximate surface area is 89.9 Å².